The number of anilines is 1. The molecule has 0 spiro atoms. The van der Waals surface area contributed by atoms with Crippen molar-refractivity contribution in [2.24, 2.45) is 0 Å². The molecule has 0 aliphatic carbocycles. The lowest BCUT2D eigenvalue weighted by atomic mass is 10.1. The SMILES string of the molecule is COc1cc(CNc2ccccc2CO)ccc1C. The first-order valence-corrected chi connectivity index (χ1v) is 6.30. The molecule has 0 saturated carbocycles. The number of aryl methyl sites for hydroxylation is 1. The number of hydrogen-bond donors (Lipinski definition) is 2. The molecule has 0 aliphatic heterocycles. The van der Waals surface area contributed by atoms with E-state index in [1.54, 1.807) is 7.11 Å². The number of ether oxygens (including phenoxy) is 1. The van der Waals surface area contributed by atoms with Crippen LogP contribution in [0, 0.1) is 6.92 Å². The first-order chi connectivity index (χ1) is 9.24. The van der Waals surface area contributed by atoms with Gasteiger partial charge in [-0.15, -0.1) is 0 Å². The van der Waals surface area contributed by atoms with Crippen molar-refractivity contribution in [2.75, 3.05) is 12.4 Å². The highest BCUT2D eigenvalue weighted by atomic mass is 16.5. The average Bonchev–Trinajstić information content (AvgIpc) is 2.46. The van der Waals surface area contributed by atoms with Crippen LogP contribution in [0.1, 0.15) is 16.7 Å². The monoisotopic (exact) mass is 257 g/mol. The molecule has 0 fully saturated rings. The zero-order valence-corrected chi connectivity index (χ0v) is 11.3. The number of methoxy groups -OCH3 is 1. The lowest BCUT2D eigenvalue weighted by molar-refractivity contribution is 0.282. The number of hydrogen-bond acceptors (Lipinski definition) is 3. The van der Waals surface area contributed by atoms with Crippen molar-refractivity contribution in [1.82, 2.24) is 0 Å². The summed E-state index contributed by atoms with van der Waals surface area (Å²) in [5.74, 6) is 0.898. The summed E-state index contributed by atoms with van der Waals surface area (Å²) in [7, 11) is 1.68. The minimum atomic E-state index is 0.0421. The minimum absolute atomic E-state index is 0.0421. The summed E-state index contributed by atoms with van der Waals surface area (Å²) in [6, 6.07) is 13.9. The van der Waals surface area contributed by atoms with E-state index >= 15 is 0 Å². The molecule has 0 radical (unpaired) electrons. The van der Waals surface area contributed by atoms with E-state index < -0.39 is 0 Å². The smallest absolute Gasteiger partial charge is 0.122 e. The lowest BCUT2D eigenvalue weighted by Crippen LogP contribution is -2.03. The van der Waals surface area contributed by atoms with Crippen LogP contribution in [0.15, 0.2) is 42.5 Å². The molecular formula is C16H19NO2. The van der Waals surface area contributed by atoms with Crippen LogP contribution >= 0.6 is 0 Å². The Morgan fingerprint density at radius 3 is 2.68 bits per heavy atom. The van der Waals surface area contributed by atoms with Crippen molar-refractivity contribution in [3.63, 3.8) is 0 Å². The molecule has 0 amide bonds. The highest BCUT2D eigenvalue weighted by Crippen LogP contribution is 2.21. The molecule has 3 nitrogen and oxygen atoms in total. The van der Waals surface area contributed by atoms with Gasteiger partial charge in [0.15, 0.2) is 0 Å². The molecule has 0 aromatic heterocycles. The van der Waals surface area contributed by atoms with Crippen molar-refractivity contribution >= 4 is 5.69 Å². The summed E-state index contributed by atoms with van der Waals surface area (Å²) in [6.07, 6.45) is 0. The van der Waals surface area contributed by atoms with Gasteiger partial charge in [-0.25, -0.2) is 0 Å². The van der Waals surface area contributed by atoms with Gasteiger partial charge in [0.25, 0.3) is 0 Å². The van der Waals surface area contributed by atoms with Crippen LogP contribution in [-0.2, 0) is 13.2 Å². The Morgan fingerprint density at radius 2 is 1.95 bits per heavy atom. The van der Waals surface area contributed by atoms with E-state index in [-0.39, 0.29) is 6.61 Å². The number of rotatable bonds is 5. The molecule has 0 heterocycles. The molecule has 0 atom stereocenters. The van der Waals surface area contributed by atoms with E-state index in [2.05, 4.69) is 11.4 Å². The van der Waals surface area contributed by atoms with E-state index in [0.29, 0.717) is 6.54 Å². The molecular weight excluding hydrogens is 238 g/mol. The van der Waals surface area contributed by atoms with Crippen LogP contribution in [0.4, 0.5) is 5.69 Å². The third-order valence-corrected chi connectivity index (χ3v) is 3.14. The fourth-order valence-electron chi connectivity index (χ4n) is 2.00. The third-order valence-electron chi connectivity index (χ3n) is 3.14. The van der Waals surface area contributed by atoms with Crippen LogP contribution in [0.25, 0.3) is 0 Å². The molecule has 2 aromatic carbocycles. The highest BCUT2D eigenvalue weighted by molar-refractivity contribution is 5.51. The number of nitrogens with one attached hydrogen (secondary N) is 1. The van der Waals surface area contributed by atoms with Gasteiger partial charge in [-0.05, 0) is 30.2 Å². The van der Waals surface area contributed by atoms with Gasteiger partial charge in [-0.1, -0.05) is 30.3 Å². The molecule has 19 heavy (non-hydrogen) atoms. The largest absolute Gasteiger partial charge is 0.496 e. The molecule has 0 saturated heterocycles. The quantitative estimate of drug-likeness (QED) is 0.864. The fourth-order valence-corrected chi connectivity index (χ4v) is 2.00. The zero-order valence-electron chi connectivity index (χ0n) is 11.3. The Balaban J connectivity index is 2.10. The molecule has 100 valence electrons. The molecule has 2 N–H and O–H groups in total. The van der Waals surface area contributed by atoms with Gasteiger partial charge in [0.05, 0.1) is 13.7 Å². The second kappa shape index (κ2) is 6.25. The van der Waals surface area contributed by atoms with Gasteiger partial charge in [0, 0.05) is 17.8 Å². The van der Waals surface area contributed by atoms with Crippen molar-refractivity contribution in [2.45, 2.75) is 20.1 Å². The Kier molecular flexibility index (Phi) is 4.42. The molecule has 2 rings (SSSR count). The summed E-state index contributed by atoms with van der Waals surface area (Å²) < 4.78 is 5.31. The Labute approximate surface area is 113 Å². The maximum Gasteiger partial charge on any atom is 0.122 e. The maximum absolute atomic E-state index is 9.27. The van der Waals surface area contributed by atoms with Crippen molar-refractivity contribution in [3.8, 4) is 5.75 Å². The minimum Gasteiger partial charge on any atom is -0.496 e. The zero-order chi connectivity index (χ0) is 13.7. The summed E-state index contributed by atoms with van der Waals surface area (Å²) in [5, 5.41) is 12.6. The van der Waals surface area contributed by atoms with Gasteiger partial charge in [0.1, 0.15) is 5.75 Å². The second-order valence-corrected chi connectivity index (χ2v) is 4.47. The van der Waals surface area contributed by atoms with E-state index in [0.717, 1.165) is 28.1 Å². The second-order valence-electron chi connectivity index (χ2n) is 4.47. The Morgan fingerprint density at radius 1 is 1.16 bits per heavy atom. The predicted octanol–water partition coefficient (Wildman–Crippen LogP) is 3.11. The number of aliphatic hydroxyl groups is 1. The third kappa shape index (κ3) is 3.26. The molecule has 3 heteroatoms. The van der Waals surface area contributed by atoms with Crippen molar-refractivity contribution in [3.05, 3.63) is 59.2 Å². The predicted molar refractivity (Wildman–Crippen MR) is 77.4 cm³/mol. The van der Waals surface area contributed by atoms with E-state index in [1.807, 2.05) is 43.3 Å². The van der Waals surface area contributed by atoms with Crippen molar-refractivity contribution in [1.29, 1.82) is 0 Å². The lowest BCUT2D eigenvalue weighted by Gasteiger charge is -2.12. The van der Waals surface area contributed by atoms with Gasteiger partial charge in [0.2, 0.25) is 0 Å². The summed E-state index contributed by atoms with van der Waals surface area (Å²) in [6.45, 7) is 2.77. The molecule has 0 unspecified atom stereocenters. The number of benzene rings is 2. The average molecular weight is 257 g/mol. The van der Waals surface area contributed by atoms with Gasteiger partial charge in [-0.2, -0.15) is 0 Å². The molecule has 2 aromatic rings. The van der Waals surface area contributed by atoms with E-state index in [9.17, 15) is 5.11 Å². The van der Waals surface area contributed by atoms with Crippen LogP contribution < -0.4 is 10.1 Å². The standard InChI is InChI=1S/C16H19NO2/c1-12-7-8-13(9-16(12)19-2)10-17-15-6-4-3-5-14(15)11-18/h3-9,17-18H,10-11H2,1-2H3. The van der Waals surface area contributed by atoms with Crippen LogP contribution in [0.2, 0.25) is 0 Å². The number of para-hydroxylation sites is 1. The number of aliphatic hydroxyl groups excluding tert-OH is 1. The molecule has 0 aliphatic rings. The van der Waals surface area contributed by atoms with E-state index in [4.69, 9.17) is 4.74 Å². The highest BCUT2D eigenvalue weighted by Gasteiger charge is 2.02. The van der Waals surface area contributed by atoms with Gasteiger partial charge < -0.3 is 15.2 Å². The topological polar surface area (TPSA) is 41.5 Å². The molecule has 0 bridgehead atoms. The van der Waals surface area contributed by atoms with Crippen molar-refractivity contribution < 1.29 is 9.84 Å². The van der Waals surface area contributed by atoms with Gasteiger partial charge in [-0.3, -0.25) is 0 Å². The summed E-state index contributed by atoms with van der Waals surface area (Å²) in [4.78, 5) is 0. The summed E-state index contributed by atoms with van der Waals surface area (Å²) >= 11 is 0. The Bertz CT molecular complexity index is 552. The maximum atomic E-state index is 9.27. The Hall–Kier alpha value is -2.00. The first-order valence-electron chi connectivity index (χ1n) is 6.30. The summed E-state index contributed by atoms with van der Waals surface area (Å²) in [5.41, 5.74) is 4.14. The van der Waals surface area contributed by atoms with Crippen LogP contribution in [0.3, 0.4) is 0 Å². The van der Waals surface area contributed by atoms with Crippen LogP contribution in [0.5, 0.6) is 5.75 Å². The van der Waals surface area contributed by atoms with Gasteiger partial charge >= 0.3 is 0 Å². The van der Waals surface area contributed by atoms with E-state index in [1.165, 1.54) is 0 Å². The van der Waals surface area contributed by atoms with Crippen LogP contribution in [-0.4, -0.2) is 12.2 Å². The normalized spacial score (nSPS) is 10.3. The first kappa shape index (κ1) is 13.4. The fraction of sp³-hybridized carbons (Fsp3) is 0.250.